The Morgan fingerprint density at radius 2 is 2.09 bits per heavy atom. The van der Waals surface area contributed by atoms with Gasteiger partial charge < -0.3 is 0 Å². The quantitative estimate of drug-likeness (QED) is 0.529. The molecule has 0 N–H and O–H groups in total. The number of halogens is 3. The Hall–Kier alpha value is -2.46. The summed E-state index contributed by atoms with van der Waals surface area (Å²) in [5.74, 6) is -0.0260. The van der Waals surface area contributed by atoms with Gasteiger partial charge in [0.2, 0.25) is 10.8 Å². The Kier molecular flexibility index (Phi) is 3.10. The first-order chi connectivity index (χ1) is 11.0. The lowest BCUT2D eigenvalue weighted by atomic mass is 10.3. The minimum absolute atomic E-state index is 0.231. The molecule has 0 aliphatic rings. The molecule has 0 atom stereocenters. The van der Waals surface area contributed by atoms with Gasteiger partial charge in [0.15, 0.2) is 0 Å². The third-order valence-corrected chi connectivity index (χ3v) is 4.13. The first-order valence-corrected chi connectivity index (χ1v) is 7.46. The van der Waals surface area contributed by atoms with E-state index < -0.39 is 11.2 Å². The van der Waals surface area contributed by atoms with E-state index in [1.807, 2.05) is 0 Å². The van der Waals surface area contributed by atoms with Crippen LogP contribution in [0.25, 0.3) is 21.3 Å². The summed E-state index contributed by atoms with van der Waals surface area (Å²) in [5, 5.41) is 7.97. The van der Waals surface area contributed by atoms with Crippen LogP contribution in [-0.4, -0.2) is 34.3 Å². The van der Waals surface area contributed by atoms with Crippen LogP contribution in [0.15, 0.2) is 37.1 Å². The molecule has 0 saturated carbocycles. The second-order valence-corrected chi connectivity index (χ2v) is 5.93. The van der Waals surface area contributed by atoms with Gasteiger partial charge in [0.25, 0.3) is 0 Å². The highest BCUT2D eigenvalue weighted by Gasteiger charge is 2.35. The van der Waals surface area contributed by atoms with Crippen LogP contribution < -0.4 is 0 Å². The van der Waals surface area contributed by atoms with Crippen molar-refractivity contribution in [1.82, 2.24) is 34.3 Å². The summed E-state index contributed by atoms with van der Waals surface area (Å²) in [6, 6.07) is 3.56. The van der Waals surface area contributed by atoms with Gasteiger partial charge in [-0.25, -0.2) is 9.97 Å². The summed E-state index contributed by atoms with van der Waals surface area (Å²) in [7, 11) is 0. The fourth-order valence-electron chi connectivity index (χ4n) is 1.97. The van der Waals surface area contributed by atoms with Gasteiger partial charge >= 0.3 is 5.38 Å². The lowest BCUT2D eigenvalue weighted by Gasteiger charge is -2.02. The summed E-state index contributed by atoms with van der Waals surface area (Å²) in [6.45, 7) is 0. The molecule has 4 heterocycles. The largest absolute Gasteiger partial charge is 0.383 e. The Labute approximate surface area is 136 Å². The molecule has 0 aromatic carbocycles. The number of aromatic nitrogens is 7. The second-order valence-electron chi connectivity index (χ2n) is 4.50. The number of hydrogen-bond donors (Lipinski definition) is 0. The molecule has 4 aromatic rings. The first kappa shape index (κ1) is 14.2. The molecule has 7 nitrogen and oxygen atoms in total. The molecular formula is C12H6ClF2N7S. The maximum atomic E-state index is 13.2. The molecule has 0 spiro atoms. The standard InChI is InChI=1S/C12H6ClF2N7S/c13-12(14,15)10-18-19-11-22(10)20-9(23-11)7-1-2-8(17-5-7)21-4-3-16-6-21/h1-6H. The Bertz CT molecular complexity index is 956. The average molecular weight is 354 g/mol. The van der Waals surface area contributed by atoms with Gasteiger partial charge in [0, 0.05) is 24.2 Å². The third kappa shape index (κ3) is 2.45. The van der Waals surface area contributed by atoms with E-state index in [1.165, 1.54) is 0 Å². The van der Waals surface area contributed by atoms with E-state index in [4.69, 9.17) is 11.6 Å². The predicted octanol–water partition coefficient (Wildman–Crippen LogP) is 2.72. The zero-order chi connectivity index (χ0) is 16.0. The number of pyridine rings is 1. The maximum Gasteiger partial charge on any atom is 0.383 e. The molecule has 0 saturated heterocycles. The number of hydrogen-bond acceptors (Lipinski definition) is 6. The van der Waals surface area contributed by atoms with Crippen LogP contribution in [0.5, 0.6) is 0 Å². The zero-order valence-electron chi connectivity index (χ0n) is 11.1. The van der Waals surface area contributed by atoms with E-state index in [1.54, 1.807) is 41.6 Å². The molecule has 23 heavy (non-hydrogen) atoms. The number of rotatable bonds is 3. The molecule has 4 rings (SSSR count). The number of fused-ring (bicyclic) bond motifs is 1. The molecule has 0 bridgehead atoms. The normalized spacial score (nSPS) is 12.1. The van der Waals surface area contributed by atoms with Crippen molar-refractivity contribution in [2.24, 2.45) is 0 Å². The molecule has 11 heteroatoms. The van der Waals surface area contributed by atoms with E-state index in [0.717, 1.165) is 15.9 Å². The molecule has 0 unspecified atom stereocenters. The molecular weight excluding hydrogens is 348 g/mol. The monoisotopic (exact) mass is 353 g/mol. The van der Waals surface area contributed by atoms with Crippen LogP contribution in [0.1, 0.15) is 5.82 Å². The Morgan fingerprint density at radius 3 is 2.74 bits per heavy atom. The minimum atomic E-state index is -3.63. The van der Waals surface area contributed by atoms with Gasteiger partial charge in [-0.1, -0.05) is 11.3 Å². The van der Waals surface area contributed by atoms with Crippen molar-refractivity contribution >= 4 is 27.9 Å². The zero-order valence-corrected chi connectivity index (χ0v) is 12.7. The first-order valence-electron chi connectivity index (χ1n) is 6.26. The van der Waals surface area contributed by atoms with Gasteiger partial charge in [-0.15, -0.1) is 10.2 Å². The number of nitrogens with zero attached hydrogens (tertiary/aromatic N) is 7. The van der Waals surface area contributed by atoms with Crippen molar-refractivity contribution < 1.29 is 8.78 Å². The molecule has 0 fully saturated rings. The van der Waals surface area contributed by atoms with Crippen LogP contribution in [-0.2, 0) is 5.38 Å². The van der Waals surface area contributed by atoms with Crippen LogP contribution in [0, 0.1) is 0 Å². The van der Waals surface area contributed by atoms with Crippen LogP contribution in [0.3, 0.4) is 0 Å². The van der Waals surface area contributed by atoms with Gasteiger partial charge in [-0.3, -0.25) is 4.57 Å². The fourth-order valence-corrected chi connectivity index (χ4v) is 2.92. The highest BCUT2D eigenvalue weighted by atomic mass is 35.5. The van der Waals surface area contributed by atoms with Gasteiger partial charge in [-0.05, 0) is 23.7 Å². The van der Waals surface area contributed by atoms with Gasteiger partial charge in [0.05, 0.1) is 0 Å². The van der Waals surface area contributed by atoms with E-state index in [2.05, 4.69) is 25.3 Å². The van der Waals surface area contributed by atoms with Crippen molar-refractivity contribution in [1.29, 1.82) is 0 Å². The van der Waals surface area contributed by atoms with Crippen molar-refractivity contribution in [2.45, 2.75) is 5.38 Å². The minimum Gasteiger partial charge on any atom is -0.291 e. The van der Waals surface area contributed by atoms with Gasteiger partial charge in [-0.2, -0.15) is 18.4 Å². The molecule has 116 valence electrons. The molecule has 0 aliphatic heterocycles. The molecule has 0 aliphatic carbocycles. The Morgan fingerprint density at radius 1 is 1.22 bits per heavy atom. The van der Waals surface area contributed by atoms with Crippen molar-refractivity contribution in [3.8, 4) is 16.4 Å². The van der Waals surface area contributed by atoms with Crippen LogP contribution in [0.4, 0.5) is 8.78 Å². The highest BCUT2D eigenvalue weighted by Crippen LogP contribution is 2.33. The lowest BCUT2D eigenvalue weighted by Crippen LogP contribution is -2.10. The van der Waals surface area contributed by atoms with E-state index in [9.17, 15) is 8.78 Å². The van der Waals surface area contributed by atoms with E-state index in [-0.39, 0.29) is 4.96 Å². The third-order valence-electron chi connectivity index (χ3n) is 3.01. The smallest absolute Gasteiger partial charge is 0.291 e. The maximum absolute atomic E-state index is 13.2. The molecule has 0 amide bonds. The van der Waals surface area contributed by atoms with Crippen LogP contribution in [0.2, 0.25) is 0 Å². The van der Waals surface area contributed by atoms with Gasteiger partial charge in [0.1, 0.15) is 17.2 Å². The highest BCUT2D eigenvalue weighted by molar-refractivity contribution is 7.19. The lowest BCUT2D eigenvalue weighted by molar-refractivity contribution is 0.0821. The number of alkyl halides is 3. The van der Waals surface area contributed by atoms with Crippen molar-refractivity contribution in [3.63, 3.8) is 0 Å². The summed E-state index contributed by atoms with van der Waals surface area (Å²) in [4.78, 5) is 8.47. The van der Waals surface area contributed by atoms with E-state index >= 15 is 0 Å². The fraction of sp³-hybridized carbons (Fsp3) is 0.0833. The predicted molar refractivity (Wildman–Crippen MR) is 78.8 cm³/mol. The summed E-state index contributed by atoms with van der Waals surface area (Å²) >= 11 is 6.12. The molecule has 0 radical (unpaired) electrons. The Balaban J connectivity index is 1.73. The summed E-state index contributed by atoms with van der Waals surface area (Å²) < 4.78 is 29.1. The average Bonchev–Trinajstić information content (AvgIpc) is 3.22. The van der Waals surface area contributed by atoms with Crippen LogP contribution >= 0.6 is 22.9 Å². The SMILES string of the molecule is FC(F)(Cl)c1nnc2sc(-c3ccc(-n4ccnc4)nc3)nn12. The summed E-state index contributed by atoms with van der Waals surface area (Å²) in [6.07, 6.45) is 6.63. The summed E-state index contributed by atoms with van der Waals surface area (Å²) in [5.41, 5.74) is 0.674. The van der Waals surface area contributed by atoms with Crippen molar-refractivity contribution in [2.75, 3.05) is 0 Å². The number of imidazole rings is 1. The molecule has 4 aromatic heterocycles. The topological polar surface area (TPSA) is 73.8 Å². The van der Waals surface area contributed by atoms with E-state index in [0.29, 0.717) is 16.4 Å². The second kappa shape index (κ2) is 5.03. The van der Waals surface area contributed by atoms with Crippen molar-refractivity contribution in [3.05, 3.63) is 42.9 Å².